The van der Waals surface area contributed by atoms with Gasteiger partial charge in [0, 0.05) is 44.8 Å². The monoisotopic (exact) mass is 667 g/mol. The molecule has 1 aliphatic carbocycles. The second-order valence-corrected chi connectivity index (χ2v) is 13.6. The Balaban J connectivity index is 1.19. The lowest BCUT2D eigenvalue weighted by atomic mass is 9.83. The molecule has 49 heavy (non-hydrogen) atoms. The van der Waals surface area contributed by atoms with Crippen LogP contribution in [0.1, 0.15) is 53.3 Å². The molecular weight excluding hydrogens is 625 g/mol. The number of carbonyl (C=O) groups excluding carboxylic acids is 1. The third-order valence-corrected chi connectivity index (χ3v) is 10.6. The molecule has 1 aromatic heterocycles. The fraction of sp³-hybridized carbons (Fsp3) is 0.421. The summed E-state index contributed by atoms with van der Waals surface area (Å²) < 4.78 is 29.8. The van der Waals surface area contributed by atoms with Crippen LogP contribution >= 0.6 is 0 Å². The number of morpholine rings is 1. The van der Waals surface area contributed by atoms with Crippen molar-refractivity contribution in [3.8, 4) is 28.3 Å². The number of fused-ring (bicyclic) bond motifs is 5. The van der Waals surface area contributed by atoms with Crippen LogP contribution in [0.25, 0.3) is 27.7 Å². The maximum Gasteiger partial charge on any atom is 0.256 e. The van der Waals surface area contributed by atoms with Gasteiger partial charge in [-0.1, -0.05) is 24.3 Å². The number of aliphatic hydroxyl groups is 1. The molecule has 10 nitrogen and oxygen atoms in total. The van der Waals surface area contributed by atoms with Gasteiger partial charge in [-0.3, -0.25) is 14.5 Å². The number of hydrogen-bond acceptors (Lipinski definition) is 8. The van der Waals surface area contributed by atoms with Crippen LogP contribution in [0.4, 0.5) is 10.1 Å². The number of pyridine rings is 1. The molecule has 0 bridgehead atoms. The Hall–Kier alpha value is -4.29. The van der Waals surface area contributed by atoms with Crippen LogP contribution in [-0.2, 0) is 11.2 Å². The minimum absolute atomic E-state index is 0.0679. The number of rotatable bonds is 9. The molecule has 4 aromatic rings. The van der Waals surface area contributed by atoms with Crippen LogP contribution in [0, 0.1) is 5.82 Å². The van der Waals surface area contributed by atoms with Crippen molar-refractivity contribution in [1.82, 2.24) is 19.7 Å². The first-order valence-corrected chi connectivity index (χ1v) is 17.4. The number of hydrogen-bond donors (Lipinski definition) is 3. The highest BCUT2D eigenvalue weighted by Gasteiger charge is 2.32. The number of benzene rings is 3. The van der Waals surface area contributed by atoms with Crippen LogP contribution in [0.3, 0.4) is 0 Å². The van der Waals surface area contributed by atoms with Crippen LogP contribution < -0.4 is 20.8 Å². The summed E-state index contributed by atoms with van der Waals surface area (Å²) in [5.41, 5.74) is 4.15. The predicted octanol–water partition coefficient (Wildman–Crippen LogP) is 4.84. The SMILES string of the molecule is CN1CCCC1CCNc1c(F)cc2c(=O)c(C(=O)NCCCN3CCOCC3)cn3c2c1Oc1cc2c(cc1-3)-c1ccccc1CC2O. The van der Waals surface area contributed by atoms with E-state index in [1.807, 2.05) is 36.4 Å². The van der Waals surface area contributed by atoms with Crippen molar-refractivity contribution in [2.45, 2.75) is 44.2 Å². The van der Waals surface area contributed by atoms with Crippen molar-refractivity contribution < 1.29 is 23.8 Å². The molecule has 2 fully saturated rings. The number of nitrogens with zero attached hydrogens (tertiary/aromatic N) is 3. The summed E-state index contributed by atoms with van der Waals surface area (Å²) in [5, 5.41) is 17.5. The molecule has 2 unspecified atom stereocenters. The van der Waals surface area contributed by atoms with Crippen LogP contribution in [0.5, 0.6) is 11.5 Å². The zero-order valence-corrected chi connectivity index (χ0v) is 27.8. The van der Waals surface area contributed by atoms with Gasteiger partial charge in [-0.2, -0.15) is 0 Å². The molecule has 256 valence electrons. The van der Waals surface area contributed by atoms with Crippen LogP contribution in [-0.4, -0.2) is 91.0 Å². The van der Waals surface area contributed by atoms with Gasteiger partial charge in [-0.15, -0.1) is 0 Å². The third-order valence-electron chi connectivity index (χ3n) is 10.6. The quantitative estimate of drug-likeness (QED) is 0.192. The van der Waals surface area contributed by atoms with Crippen molar-refractivity contribution in [3.63, 3.8) is 0 Å². The number of nitrogens with one attached hydrogen (secondary N) is 2. The van der Waals surface area contributed by atoms with Gasteiger partial charge in [-0.05, 0) is 86.3 Å². The largest absolute Gasteiger partial charge is 0.451 e. The Labute approximate surface area is 284 Å². The zero-order chi connectivity index (χ0) is 33.6. The normalized spacial score (nSPS) is 20.0. The van der Waals surface area contributed by atoms with E-state index in [2.05, 4.69) is 27.5 Å². The van der Waals surface area contributed by atoms with Crippen molar-refractivity contribution in [2.24, 2.45) is 0 Å². The Morgan fingerprint density at radius 2 is 1.92 bits per heavy atom. The fourth-order valence-electron chi connectivity index (χ4n) is 7.93. The van der Waals surface area contributed by atoms with E-state index < -0.39 is 23.3 Å². The third kappa shape index (κ3) is 5.88. The number of likely N-dealkylation sites (tertiary alicyclic amines) is 1. The number of anilines is 1. The lowest BCUT2D eigenvalue weighted by molar-refractivity contribution is 0.0374. The van der Waals surface area contributed by atoms with E-state index in [0.29, 0.717) is 61.3 Å². The van der Waals surface area contributed by atoms with E-state index in [0.717, 1.165) is 68.6 Å². The highest BCUT2D eigenvalue weighted by molar-refractivity contribution is 6.01. The van der Waals surface area contributed by atoms with Crippen molar-refractivity contribution >= 4 is 22.5 Å². The van der Waals surface area contributed by atoms with E-state index in [9.17, 15) is 14.7 Å². The summed E-state index contributed by atoms with van der Waals surface area (Å²) >= 11 is 0. The molecule has 0 saturated carbocycles. The van der Waals surface area contributed by atoms with Gasteiger partial charge in [0.25, 0.3) is 5.91 Å². The van der Waals surface area contributed by atoms with Gasteiger partial charge in [0.15, 0.2) is 17.3 Å². The Bertz CT molecular complexity index is 1990. The molecule has 3 aliphatic heterocycles. The van der Waals surface area contributed by atoms with Gasteiger partial charge in [0.2, 0.25) is 5.43 Å². The summed E-state index contributed by atoms with van der Waals surface area (Å²) in [7, 11) is 2.11. The average Bonchev–Trinajstić information content (AvgIpc) is 3.52. The van der Waals surface area contributed by atoms with E-state index >= 15 is 4.39 Å². The van der Waals surface area contributed by atoms with Crippen LogP contribution in [0.2, 0.25) is 0 Å². The molecule has 4 aliphatic rings. The molecule has 3 aromatic carbocycles. The molecule has 0 radical (unpaired) electrons. The first-order valence-electron chi connectivity index (χ1n) is 17.4. The van der Waals surface area contributed by atoms with Crippen molar-refractivity contribution in [3.05, 3.63) is 81.4 Å². The second-order valence-electron chi connectivity index (χ2n) is 13.6. The Morgan fingerprint density at radius 1 is 1.08 bits per heavy atom. The van der Waals surface area contributed by atoms with E-state index in [4.69, 9.17) is 9.47 Å². The number of amides is 1. The molecule has 0 spiro atoms. The lowest BCUT2D eigenvalue weighted by Gasteiger charge is -2.30. The molecular formula is C38H42FN5O5. The minimum Gasteiger partial charge on any atom is -0.451 e. The van der Waals surface area contributed by atoms with Crippen LogP contribution in [0.15, 0.2) is 53.5 Å². The molecule has 8 rings (SSSR count). The summed E-state index contributed by atoms with van der Waals surface area (Å²) in [4.78, 5) is 32.2. The van der Waals surface area contributed by atoms with Gasteiger partial charge in [0.1, 0.15) is 16.8 Å². The van der Waals surface area contributed by atoms with E-state index in [1.165, 1.54) is 6.07 Å². The first kappa shape index (κ1) is 31.9. The van der Waals surface area contributed by atoms with E-state index in [-0.39, 0.29) is 22.4 Å². The standard InChI is InChI=1S/C38H42FN5O5/c1-42-12-4-7-24(42)9-11-40-34-30(39)19-28-35-37(34)49-33-21-27-26(25-8-3-2-6-23(25)18-32(27)45)20-31(33)44(35)22-29(36(28)46)38(47)41-10-5-13-43-14-16-48-17-15-43/h2-3,6,8,19-22,24,32,40,45H,4-5,7,9-18H2,1H3,(H,41,47). The molecule has 3 N–H and O–H groups in total. The fourth-order valence-corrected chi connectivity index (χ4v) is 7.93. The van der Waals surface area contributed by atoms with E-state index in [1.54, 1.807) is 10.8 Å². The van der Waals surface area contributed by atoms with Gasteiger partial charge < -0.3 is 34.7 Å². The second kappa shape index (κ2) is 13.2. The van der Waals surface area contributed by atoms with Crippen molar-refractivity contribution in [1.29, 1.82) is 0 Å². The molecule has 1 amide bonds. The van der Waals surface area contributed by atoms with Crippen molar-refractivity contribution in [2.75, 3.05) is 64.8 Å². The topological polar surface area (TPSA) is 108 Å². The predicted molar refractivity (Wildman–Crippen MR) is 187 cm³/mol. The average molecular weight is 668 g/mol. The van der Waals surface area contributed by atoms with Gasteiger partial charge >= 0.3 is 0 Å². The number of carbonyl (C=O) groups is 1. The summed E-state index contributed by atoms with van der Waals surface area (Å²) in [6.45, 7) is 5.92. The Morgan fingerprint density at radius 3 is 2.73 bits per heavy atom. The summed E-state index contributed by atoms with van der Waals surface area (Å²) in [5.74, 6) is -0.517. The Kier molecular flexibility index (Phi) is 8.61. The highest BCUT2D eigenvalue weighted by Crippen LogP contribution is 2.49. The summed E-state index contributed by atoms with van der Waals surface area (Å²) in [6.07, 6.45) is 5.08. The number of halogens is 1. The maximum atomic E-state index is 16.1. The number of aromatic nitrogens is 1. The summed E-state index contributed by atoms with van der Waals surface area (Å²) in [6, 6.07) is 13.4. The zero-order valence-electron chi connectivity index (χ0n) is 27.8. The van der Waals surface area contributed by atoms with Gasteiger partial charge in [0.05, 0.1) is 30.4 Å². The maximum absolute atomic E-state index is 16.1. The number of ether oxygens (including phenoxy) is 2. The molecule has 11 heteroatoms. The first-order chi connectivity index (χ1) is 23.9. The molecule has 2 atom stereocenters. The minimum atomic E-state index is -0.749. The smallest absolute Gasteiger partial charge is 0.256 e. The highest BCUT2D eigenvalue weighted by atomic mass is 19.1. The number of aliphatic hydroxyl groups excluding tert-OH is 1. The van der Waals surface area contributed by atoms with Gasteiger partial charge in [-0.25, -0.2) is 4.39 Å². The molecule has 2 saturated heterocycles. The molecule has 4 heterocycles. The lowest BCUT2D eigenvalue weighted by Crippen LogP contribution is -2.38.